The van der Waals surface area contributed by atoms with Crippen LogP contribution in [-0.2, 0) is 9.59 Å². The van der Waals surface area contributed by atoms with E-state index in [1.807, 2.05) is 18.9 Å². The predicted molar refractivity (Wildman–Crippen MR) is 107 cm³/mol. The first-order valence-electron chi connectivity index (χ1n) is 9.54. The first-order chi connectivity index (χ1) is 13.3. The smallest absolute Gasteiger partial charge is 0.317 e. The summed E-state index contributed by atoms with van der Waals surface area (Å²) in [7, 11) is 4.97. The number of carbonyl (C=O) groups excluding carboxylic acids is 1. The zero-order chi connectivity index (χ0) is 20.7. The maximum absolute atomic E-state index is 12.7. The second kappa shape index (κ2) is 10.3. The maximum Gasteiger partial charge on any atom is 0.317 e. The van der Waals surface area contributed by atoms with Crippen molar-refractivity contribution in [3.8, 4) is 11.5 Å². The summed E-state index contributed by atoms with van der Waals surface area (Å²) in [5, 5.41) is 11.9. The molecule has 0 spiro atoms. The number of likely N-dealkylation sites (tertiary alicyclic amines) is 1. The molecule has 1 aromatic carbocycles. The van der Waals surface area contributed by atoms with Crippen LogP contribution < -0.4 is 14.8 Å². The van der Waals surface area contributed by atoms with Crippen molar-refractivity contribution < 1.29 is 24.2 Å². The number of hydrogen-bond acceptors (Lipinski definition) is 6. The number of rotatable bonds is 8. The van der Waals surface area contributed by atoms with Gasteiger partial charge in [0, 0.05) is 24.3 Å². The fourth-order valence-corrected chi connectivity index (χ4v) is 3.60. The Morgan fingerprint density at radius 2 is 1.96 bits per heavy atom. The molecule has 1 fully saturated rings. The molecule has 28 heavy (non-hydrogen) atoms. The third-order valence-electron chi connectivity index (χ3n) is 5.32. The number of aliphatic carboxylic acids is 1. The Hall–Kier alpha value is -2.32. The van der Waals surface area contributed by atoms with Crippen LogP contribution in [0.4, 0.5) is 5.69 Å². The van der Waals surface area contributed by atoms with Crippen LogP contribution in [0.3, 0.4) is 0 Å². The average Bonchev–Trinajstić information content (AvgIpc) is 2.93. The fourth-order valence-electron chi connectivity index (χ4n) is 3.60. The number of carboxylic acids is 1. The number of carbonyl (C=O) groups is 2. The Bertz CT molecular complexity index is 682. The molecule has 0 saturated carbocycles. The molecule has 1 saturated heterocycles. The van der Waals surface area contributed by atoms with Gasteiger partial charge in [-0.3, -0.25) is 19.4 Å². The standard InChI is InChI=1S/C20H31N3O5/c1-14(20(26)21-15-7-8-17(27-3)18(12-15)28-4)23-10-5-6-16(9-11-23)22(2)13-19(24)25/h7-8,12,14,16H,5-6,9-11,13H2,1-4H3,(H,21,26)(H,24,25). The lowest BCUT2D eigenvalue weighted by atomic mass is 10.1. The SMILES string of the molecule is COc1ccc(NC(=O)C(C)N2CCCC(N(C)CC(=O)O)CC2)cc1OC. The number of hydrogen-bond donors (Lipinski definition) is 2. The van der Waals surface area contributed by atoms with Crippen molar-refractivity contribution >= 4 is 17.6 Å². The minimum absolute atomic E-state index is 0.0417. The van der Waals surface area contributed by atoms with E-state index in [0.717, 1.165) is 32.4 Å². The largest absolute Gasteiger partial charge is 0.493 e. The zero-order valence-corrected chi connectivity index (χ0v) is 17.1. The lowest BCUT2D eigenvalue weighted by molar-refractivity contribution is -0.138. The van der Waals surface area contributed by atoms with Crippen LogP contribution in [0.5, 0.6) is 11.5 Å². The molecule has 2 atom stereocenters. The Morgan fingerprint density at radius 1 is 1.25 bits per heavy atom. The third kappa shape index (κ3) is 5.84. The van der Waals surface area contributed by atoms with Crippen LogP contribution >= 0.6 is 0 Å². The van der Waals surface area contributed by atoms with Crippen LogP contribution in [0.15, 0.2) is 18.2 Å². The second-order valence-electron chi connectivity index (χ2n) is 7.16. The summed E-state index contributed by atoms with van der Waals surface area (Å²) in [6.07, 6.45) is 2.71. The van der Waals surface area contributed by atoms with Gasteiger partial charge in [-0.05, 0) is 51.9 Å². The number of nitrogens with one attached hydrogen (secondary N) is 1. The van der Waals surface area contributed by atoms with E-state index < -0.39 is 5.97 Å². The maximum atomic E-state index is 12.7. The highest BCUT2D eigenvalue weighted by atomic mass is 16.5. The molecular formula is C20H31N3O5. The van der Waals surface area contributed by atoms with Crippen LogP contribution in [0.25, 0.3) is 0 Å². The lowest BCUT2D eigenvalue weighted by Gasteiger charge is -2.28. The molecule has 2 N–H and O–H groups in total. The van der Waals surface area contributed by atoms with E-state index in [1.54, 1.807) is 32.4 Å². The minimum atomic E-state index is -0.814. The monoisotopic (exact) mass is 393 g/mol. The third-order valence-corrected chi connectivity index (χ3v) is 5.32. The summed E-state index contributed by atoms with van der Waals surface area (Å²) in [5.74, 6) is 0.278. The molecule has 1 aromatic rings. The van der Waals surface area contributed by atoms with Crippen molar-refractivity contribution in [3.63, 3.8) is 0 Å². The van der Waals surface area contributed by atoms with Crippen molar-refractivity contribution in [2.45, 2.75) is 38.3 Å². The van der Waals surface area contributed by atoms with Crippen molar-refractivity contribution in [1.29, 1.82) is 0 Å². The summed E-state index contributed by atoms with van der Waals surface area (Å²) >= 11 is 0. The lowest BCUT2D eigenvalue weighted by Crippen LogP contribution is -2.43. The van der Waals surface area contributed by atoms with E-state index in [2.05, 4.69) is 10.2 Å². The van der Waals surface area contributed by atoms with Crippen molar-refractivity contribution in [3.05, 3.63) is 18.2 Å². The van der Waals surface area contributed by atoms with Gasteiger partial charge in [0.15, 0.2) is 11.5 Å². The molecule has 1 aliphatic rings. The van der Waals surface area contributed by atoms with Crippen LogP contribution in [0.1, 0.15) is 26.2 Å². The van der Waals surface area contributed by atoms with Crippen LogP contribution in [-0.4, -0.2) is 79.8 Å². The summed E-state index contributed by atoms with van der Waals surface area (Å²) in [4.78, 5) is 27.7. The Labute approximate surface area is 166 Å². The molecule has 0 bridgehead atoms. The molecular weight excluding hydrogens is 362 g/mol. The number of methoxy groups -OCH3 is 2. The molecule has 156 valence electrons. The summed E-state index contributed by atoms with van der Waals surface area (Å²) in [6.45, 7) is 3.52. The van der Waals surface area contributed by atoms with Crippen molar-refractivity contribution in [2.24, 2.45) is 0 Å². The molecule has 2 unspecified atom stereocenters. The molecule has 1 aliphatic heterocycles. The molecule has 8 nitrogen and oxygen atoms in total. The predicted octanol–water partition coefficient (Wildman–Crippen LogP) is 1.90. The highest BCUT2D eigenvalue weighted by molar-refractivity contribution is 5.94. The topological polar surface area (TPSA) is 91.3 Å². The van der Waals surface area contributed by atoms with Gasteiger partial charge in [-0.2, -0.15) is 0 Å². The van der Waals surface area contributed by atoms with E-state index >= 15 is 0 Å². The van der Waals surface area contributed by atoms with Gasteiger partial charge in [0.05, 0.1) is 26.8 Å². The number of anilines is 1. The van der Waals surface area contributed by atoms with Crippen molar-refractivity contribution in [1.82, 2.24) is 9.80 Å². The first-order valence-corrected chi connectivity index (χ1v) is 9.54. The summed E-state index contributed by atoms with van der Waals surface area (Å²) in [6, 6.07) is 5.22. The highest BCUT2D eigenvalue weighted by Gasteiger charge is 2.27. The van der Waals surface area contributed by atoms with Crippen LogP contribution in [0, 0.1) is 0 Å². The fraction of sp³-hybridized carbons (Fsp3) is 0.600. The Morgan fingerprint density at radius 3 is 2.61 bits per heavy atom. The number of amides is 1. The second-order valence-corrected chi connectivity index (χ2v) is 7.16. The number of ether oxygens (including phenoxy) is 2. The van der Waals surface area contributed by atoms with Gasteiger partial charge >= 0.3 is 5.97 Å². The van der Waals surface area contributed by atoms with Gasteiger partial charge < -0.3 is 19.9 Å². The summed E-state index contributed by atoms with van der Waals surface area (Å²) in [5.41, 5.74) is 0.656. The van der Waals surface area contributed by atoms with E-state index in [-0.39, 0.29) is 24.5 Å². The van der Waals surface area contributed by atoms with E-state index in [9.17, 15) is 9.59 Å². The van der Waals surface area contributed by atoms with Gasteiger partial charge in [-0.1, -0.05) is 0 Å². The van der Waals surface area contributed by atoms with Gasteiger partial charge in [-0.15, -0.1) is 0 Å². The number of benzene rings is 1. The normalized spacial score (nSPS) is 19.0. The van der Waals surface area contributed by atoms with Gasteiger partial charge in [0.1, 0.15) is 0 Å². The average molecular weight is 393 g/mol. The molecule has 8 heteroatoms. The molecule has 0 aromatic heterocycles. The number of likely N-dealkylation sites (N-methyl/N-ethyl adjacent to an activating group) is 1. The van der Waals surface area contributed by atoms with Gasteiger partial charge in [0.2, 0.25) is 5.91 Å². The Kier molecular flexibility index (Phi) is 8.07. The first kappa shape index (κ1) is 22.0. The Balaban J connectivity index is 1.95. The van der Waals surface area contributed by atoms with E-state index in [4.69, 9.17) is 14.6 Å². The number of carboxylic acid groups (broad SMARTS) is 1. The van der Waals surface area contributed by atoms with Crippen LogP contribution in [0.2, 0.25) is 0 Å². The molecule has 0 radical (unpaired) electrons. The van der Waals surface area contributed by atoms with Gasteiger partial charge in [-0.25, -0.2) is 0 Å². The molecule has 2 rings (SSSR count). The molecule has 0 aliphatic carbocycles. The quantitative estimate of drug-likeness (QED) is 0.697. The van der Waals surface area contributed by atoms with Crippen molar-refractivity contribution in [2.75, 3.05) is 46.2 Å². The van der Waals surface area contributed by atoms with E-state index in [0.29, 0.717) is 17.2 Å². The van der Waals surface area contributed by atoms with Gasteiger partial charge in [0.25, 0.3) is 0 Å². The highest BCUT2D eigenvalue weighted by Crippen LogP contribution is 2.30. The zero-order valence-electron chi connectivity index (χ0n) is 17.1. The van der Waals surface area contributed by atoms with E-state index in [1.165, 1.54) is 0 Å². The summed E-state index contributed by atoms with van der Waals surface area (Å²) < 4.78 is 10.5. The molecule has 1 heterocycles. The minimum Gasteiger partial charge on any atom is -0.493 e. The molecule has 1 amide bonds. The number of nitrogens with zero attached hydrogens (tertiary/aromatic N) is 2.